The molecule has 3 aliphatic rings. The molecule has 0 heterocycles. The van der Waals surface area contributed by atoms with Gasteiger partial charge in [0.15, 0.2) is 0 Å². The fourth-order valence-electron chi connectivity index (χ4n) is 2.18. The predicted octanol–water partition coefficient (Wildman–Crippen LogP) is 1.02. The Balaban J connectivity index is 2.04. The molecular formula is C8H13NO. The van der Waals surface area contributed by atoms with Gasteiger partial charge in [-0.1, -0.05) is 0 Å². The first-order chi connectivity index (χ1) is 4.64. The topological polar surface area (TPSA) is 20.3 Å². The molecule has 0 spiro atoms. The van der Waals surface area contributed by atoms with Crippen LogP contribution in [-0.2, 0) is 4.79 Å². The number of carbonyl (C=O) groups excluding carboxylic acids is 1. The predicted molar refractivity (Wildman–Crippen MR) is 38.5 cm³/mol. The first-order valence-electron chi connectivity index (χ1n) is 3.88. The Morgan fingerprint density at radius 3 is 2.10 bits per heavy atom. The fraction of sp³-hybridized carbons (Fsp3) is 0.875. The summed E-state index contributed by atoms with van der Waals surface area (Å²) in [6.07, 6.45) is 3.80. The minimum atomic E-state index is 0.221. The first kappa shape index (κ1) is 6.20. The van der Waals surface area contributed by atoms with E-state index in [1.54, 1.807) is 6.92 Å². The van der Waals surface area contributed by atoms with Crippen molar-refractivity contribution < 1.29 is 4.79 Å². The molecule has 0 atom stereocenters. The van der Waals surface area contributed by atoms with Gasteiger partial charge < -0.3 is 4.90 Å². The van der Waals surface area contributed by atoms with E-state index in [0.29, 0.717) is 5.54 Å². The zero-order valence-corrected chi connectivity index (χ0v) is 6.55. The highest BCUT2D eigenvalue weighted by Gasteiger charge is 2.59. The maximum atomic E-state index is 10.9. The van der Waals surface area contributed by atoms with Crippen LogP contribution < -0.4 is 0 Å². The Hall–Kier alpha value is -0.530. The van der Waals surface area contributed by atoms with E-state index in [2.05, 4.69) is 0 Å². The molecule has 0 aromatic rings. The molecular weight excluding hydrogens is 126 g/mol. The summed E-state index contributed by atoms with van der Waals surface area (Å²) in [6.45, 7) is 1.65. The molecule has 0 radical (unpaired) electrons. The molecule has 0 aromatic heterocycles. The fourth-order valence-corrected chi connectivity index (χ4v) is 2.18. The molecule has 2 heteroatoms. The summed E-state index contributed by atoms with van der Waals surface area (Å²) in [5, 5.41) is 0. The normalized spacial score (nSPS) is 41.6. The van der Waals surface area contributed by atoms with Gasteiger partial charge in [-0.3, -0.25) is 4.79 Å². The van der Waals surface area contributed by atoms with Crippen molar-refractivity contribution in [3.05, 3.63) is 0 Å². The molecule has 3 rings (SSSR count). The molecule has 0 N–H and O–H groups in total. The van der Waals surface area contributed by atoms with Gasteiger partial charge in [0.2, 0.25) is 5.91 Å². The number of amides is 1. The van der Waals surface area contributed by atoms with Crippen molar-refractivity contribution in [2.75, 3.05) is 7.05 Å². The van der Waals surface area contributed by atoms with Gasteiger partial charge in [-0.05, 0) is 25.2 Å². The molecule has 2 bridgehead atoms. The zero-order valence-electron chi connectivity index (χ0n) is 6.55. The smallest absolute Gasteiger partial charge is 0.219 e. The van der Waals surface area contributed by atoms with Gasteiger partial charge in [0, 0.05) is 19.5 Å². The molecule has 56 valence electrons. The van der Waals surface area contributed by atoms with Crippen LogP contribution in [0.1, 0.15) is 26.2 Å². The average molecular weight is 139 g/mol. The van der Waals surface area contributed by atoms with Crippen LogP contribution in [0.15, 0.2) is 0 Å². The molecule has 1 amide bonds. The highest BCUT2D eigenvalue weighted by molar-refractivity contribution is 5.74. The van der Waals surface area contributed by atoms with Crippen LogP contribution in [0, 0.1) is 5.92 Å². The van der Waals surface area contributed by atoms with Crippen molar-refractivity contribution in [3.8, 4) is 0 Å². The summed E-state index contributed by atoms with van der Waals surface area (Å²) < 4.78 is 0. The third-order valence-electron chi connectivity index (χ3n) is 3.19. The summed E-state index contributed by atoms with van der Waals surface area (Å²) in [6, 6.07) is 0. The van der Waals surface area contributed by atoms with E-state index in [-0.39, 0.29) is 5.91 Å². The summed E-state index contributed by atoms with van der Waals surface area (Å²) in [5.74, 6) is 1.18. The van der Waals surface area contributed by atoms with Crippen molar-refractivity contribution in [1.82, 2.24) is 4.90 Å². The van der Waals surface area contributed by atoms with Crippen molar-refractivity contribution in [2.24, 2.45) is 5.92 Å². The van der Waals surface area contributed by atoms with Crippen LogP contribution in [0.4, 0.5) is 0 Å². The Bertz CT molecular complexity index is 171. The van der Waals surface area contributed by atoms with Gasteiger partial charge in [-0.2, -0.15) is 0 Å². The highest BCUT2D eigenvalue weighted by Crippen LogP contribution is 2.60. The molecule has 10 heavy (non-hydrogen) atoms. The van der Waals surface area contributed by atoms with Crippen LogP contribution in [0.25, 0.3) is 0 Å². The third kappa shape index (κ3) is 0.522. The molecule has 0 unspecified atom stereocenters. The molecule has 2 nitrogen and oxygen atoms in total. The highest BCUT2D eigenvalue weighted by atomic mass is 16.2. The maximum Gasteiger partial charge on any atom is 0.219 e. The van der Waals surface area contributed by atoms with E-state index in [4.69, 9.17) is 0 Å². The number of rotatable bonds is 1. The third-order valence-corrected chi connectivity index (χ3v) is 3.19. The lowest BCUT2D eigenvalue weighted by Crippen LogP contribution is -2.68. The Labute approximate surface area is 61.2 Å². The van der Waals surface area contributed by atoms with Crippen LogP contribution in [0.2, 0.25) is 0 Å². The Morgan fingerprint density at radius 2 is 2.00 bits per heavy atom. The van der Waals surface area contributed by atoms with Gasteiger partial charge >= 0.3 is 0 Å². The quantitative estimate of drug-likeness (QED) is 0.531. The second-order valence-corrected chi connectivity index (χ2v) is 3.78. The maximum absolute atomic E-state index is 10.9. The molecule has 3 aliphatic carbocycles. The van der Waals surface area contributed by atoms with E-state index in [1.165, 1.54) is 19.3 Å². The minimum absolute atomic E-state index is 0.221. The van der Waals surface area contributed by atoms with Gasteiger partial charge in [0.05, 0.1) is 0 Å². The second kappa shape index (κ2) is 1.55. The first-order valence-corrected chi connectivity index (χ1v) is 3.88. The standard InChI is InChI=1S/C8H13NO/c1-6(10)9(2)8-3-7(4-8)5-8/h7H,3-5H2,1-2H3. The summed E-state index contributed by atoms with van der Waals surface area (Å²) >= 11 is 0. The van der Waals surface area contributed by atoms with Crippen molar-refractivity contribution >= 4 is 5.91 Å². The SMILES string of the molecule is CC(=O)N(C)C12CC(C1)C2. The number of nitrogens with zero attached hydrogens (tertiary/aromatic N) is 1. The van der Waals surface area contributed by atoms with Crippen LogP contribution in [0.5, 0.6) is 0 Å². The molecule has 3 fully saturated rings. The van der Waals surface area contributed by atoms with E-state index < -0.39 is 0 Å². The molecule has 0 aliphatic heterocycles. The van der Waals surface area contributed by atoms with E-state index in [9.17, 15) is 4.79 Å². The Morgan fingerprint density at radius 1 is 1.50 bits per heavy atom. The monoisotopic (exact) mass is 139 g/mol. The lowest BCUT2D eigenvalue weighted by atomic mass is 9.49. The average Bonchev–Trinajstić information content (AvgIpc) is 1.56. The van der Waals surface area contributed by atoms with E-state index in [1.807, 2.05) is 11.9 Å². The lowest BCUT2D eigenvalue weighted by molar-refractivity contribution is -0.164. The van der Waals surface area contributed by atoms with Crippen molar-refractivity contribution in [3.63, 3.8) is 0 Å². The zero-order chi connectivity index (χ0) is 7.35. The van der Waals surface area contributed by atoms with Crippen molar-refractivity contribution in [1.29, 1.82) is 0 Å². The number of carbonyl (C=O) groups is 1. The number of hydrogen-bond acceptors (Lipinski definition) is 1. The summed E-state index contributed by atoms with van der Waals surface area (Å²) in [4.78, 5) is 12.9. The minimum Gasteiger partial charge on any atom is -0.340 e. The van der Waals surface area contributed by atoms with Crippen LogP contribution in [-0.4, -0.2) is 23.4 Å². The van der Waals surface area contributed by atoms with E-state index >= 15 is 0 Å². The lowest BCUT2D eigenvalue weighted by Gasteiger charge is -2.65. The van der Waals surface area contributed by atoms with Crippen molar-refractivity contribution in [2.45, 2.75) is 31.7 Å². The van der Waals surface area contributed by atoms with Gasteiger partial charge in [-0.15, -0.1) is 0 Å². The summed E-state index contributed by atoms with van der Waals surface area (Å²) in [5.41, 5.74) is 0.330. The van der Waals surface area contributed by atoms with Gasteiger partial charge in [-0.25, -0.2) is 0 Å². The number of hydrogen-bond donors (Lipinski definition) is 0. The van der Waals surface area contributed by atoms with Crippen LogP contribution in [0.3, 0.4) is 0 Å². The Kier molecular flexibility index (Phi) is 0.960. The molecule has 3 saturated carbocycles. The molecule has 0 saturated heterocycles. The van der Waals surface area contributed by atoms with Gasteiger partial charge in [0.1, 0.15) is 0 Å². The second-order valence-electron chi connectivity index (χ2n) is 3.78. The van der Waals surface area contributed by atoms with Crippen LogP contribution >= 0.6 is 0 Å². The van der Waals surface area contributed by atoms with E-state index in [0.717, 1.165) is 5.92 Å². The van der Waals surface area contributed by atoms with Gasteiger partial charge in [0.25, 0.3) is 0 Å². The molecule has 0 aromatic carbocycles. The summed E-state index contributed by atoms with van der Waals surface area (Å²) in [7, 11) is 1.93. The largest absolute Gasteiger partial charge is 0.340 e.